The predicted octanol–water partition coefficient (Wildman–Crippen LogP) is 5.42. The third-order valence-electron chi connectivity index (χ3n) is 4.73. The van der Waals surface area contributed by atoms with Crippen molar-refractivity contribution in [2.24, 2.45) is 0 Å². The molecule has 1 aromatic heterocycles. The molecular formula is C23H24N2O3S. The van der Waals surface area contributed by atoms with Crippen LogP contribution in [0.1, 0.15) is 45.2 Å². The van der Waals surface area contributed by atoms with E-state index >= 15 is 0 Å². The van der Waals surface area contributed by atoms with Gasteiger partial charge in [0.25, 0.3) is 0 Å². The van der Waals surface area contributed by atoms with Crippen LogP contribution in [0.15, 0.2) is 41.8 Å². The summed E-state index contributed by atoms with van der Waals surface area (Å²) in [6, 6.07) is 11.4. The molecule has 0 fully saturated rings. The fourth-order valence-electron chi connectivity index (χ4n) is 3.02. The van der Waals surface area contributed by atoms with Gasteiger partial charge >= 0.3 is 5.97 Å². The van der Waals surface area contributed by atoms with Crippen LogP contribution in [0, 0.1) is 27.7 Å². The Balaban J connectivity index is 1.75. The van der Waals surface area contributed by atoms with Crippen LogP contribution in [0.2, 0.25) is 0 Å². The molecule has 0 bridgehead atoms. The second-order valence-corrected chi connectivity index (χ2v) is 7.98. The highest BCUT2D eigenvalue weighted by atomic mass is 32.1. The third-order valence-corrected chi connectivity index (χ3v) is 5.61. The number of rotatable bonds is 5. The summed E-state index contributed by atoms with van der Waals surface area (Å²) >= 11 is 1.35. The molecule has 1 heterocycles. The highest BCUT2D eigenvalue weighted by Gasteiger charge is 2.20. The van der Waals surface area contributed by atoms with E-state index in [4.69, 9.17) is 4.74 Å². The number of amides is 1. The van der Waals surface area contributed by atoms with E-state index in [-0.39, 0.29) is 18.5 Å². The average Bonchev–Trinajstić information content (AvgIpc) is 3.12. The zero-order valence-corrected chi connectivity index (χ0v) is 18.1. The van der Waals surface area contributed by atoms with Gasteiger partial charge in [0, 0.05) is 12.3 Å². The molecule has 0 aliphatic heterocycles. The predicted molar refractivity (Wildman–Crippen MR) is 116 cm³/mol. The van der Waals surface area contributed by atoms with E-state index in [9.17, 15) is 9.59 Å². The Hall–Kier alpha value is -2.99. The topological polar surface area (TPSA) is 59.5 Å². The average molecular weight is 409 g/mol. The normalized spacial score (nSPS) is 10.7. The van der Waals surface area contributed by atoms with Gasteiger partial charge < -0.3 is 4.74 Å². The van der Waals surface area contributed by atoms with Crippen LogP contribution in [0.4, 0.5) is 10.8 Å². The van der Waals surface area contributed by atoms with Gasteiger partial charge in [-0.2, -0.15) is 0 Å². The number of hydrogen-bond acceptors (Lipinski definition) is 5. The van der Waals surface area contributed by atoms with Crippen molar-refractivity contribution in [1.29, 1.82) is 0 Å². The third kappa shape index (κ3) is 4.71. The van der Waals surface area contributed by atoms with E-state index < -0.39 is 0 Å². The standard InChI is InChI=1S/C23H24N2O3S/c1-14-6-9-21(17(4)10-14)25(18(5)26)23-24-20(13-29-23)12-28-22(27)19-8-7-15(2)16(3)11-19/h6-11,13H,12H2,1-5H3. The Morgan fingerprint density at radius 1 is 1.00 bits per heavy atom. The van der Waals surface area contributed by atoms with Crippen LogP contribution in [0.3, 0.4) is 0 Å². The number of ether oxygens (including phenoxy) is 1. The first-order valence-corrected chi connectivity index (χ1v) is 10.2. The summed E-state index contributed by atoms with van der Waals surface area (Å²) in [6.07, 6.45) is 0. The molecule has 1 amide bonds. The van der Waals surface area contributed by atoms with Crippen LogP contribution in [-0.4, -0.2) is 16.9 Å². The van der Waals surface area contributed by atoms with E-state index in [1.54, 1.807) is 11.0 Å². The Bertz CT molecular complexity index is 1070. The molecule has 3 aromatic rings. The Morgan fingerprint density at radius 3 is 2.41 bits per heavy atom. The van der Waals surface area contributed by atoms with Gasteiger partial charge in [-0.05, 0) is 62.6 Å². The maximum absolute atomic E-state index is 12.3. The Kier molecular flexibility index (Phi) is 6.13. The second-order valence-electron chi connectivity index (χ2n) is 7.14. The first kappa shape index (κ1) is 20.7. The number of aryl methyl sites for hydroxylation is 4. The largest absolute Gasteiger partial charge is 0.456 e. The number of benzene rings is 2. The lowest BCUT2D eigenvalue weighted by molar-refractivity contribution is -0.115. The second kappa shape index (κ2) is 8.57. The van der Waals surface area contributed by atoms with Crippen molar-refractivity contribution >= 4 is 34.0 Å². The highest BCUT2D eigenvalue weighted by molar-refractivity contribution is 7.14. The minimum atomic E-state index is -0.388. The molecule has 0 unspecified atom stereocenters. The van der Waals surface area contributed by atoms with Gasteiger partial charge in [-0.25, -0.2) is 9.78 Å². The molecule has 0 saturated carbocycles. The van der Waals surface area contributed by atoms with Crippen molar-refractivity contribution in [1.82, 2.24) is 4.98 Å². The summed E-state index contributed by atoms with van der Waals surface area (Å²) in [5.74, 6) is -0.509. The van der Waals surface area contributed by atoms with Crippen molar-refractivity contribution in [2.45, 2.75) is 41.2 Å². The number of thiazole rings is 1. The van der Waals surface area contributed by atoms with Crippen LogP contribution < -0.4 is 4.90 Å². The molecule has 6 heteroatoms. The zero-order chi connectivity index (χ0) is 21.1. The summed E-state index contributed by atoms with van der Waals surface area (Å²) in [5, 5.41) is 2.37. The van der Waals surface area contributed by atoms with Crippen molar-refractivity contribution in [3.05, 3.63) is 75.3 Å². The number of aromatic nitrogens is 1. The number of carbonyl (C=O) groups excluding carboxylic acids is 2. The zero-order valence-electron chi connectivity index (χ0n) is 17.3. The summed E-state index contributed by atoms with van der Waals surface area (Å²) in [6.45, 7) is 9.51. The first-order chi connectivity index (χ1) is 13.8. The molecular weight excluding hydrogens is 384 g/mol. The molecule has 0 atom stereocenters. The highest BCUT2D eigenvalue weighted by Crippen LogP contribution is 2.32. The molecule has 3 rings (SSSR count). The fraction of sp³-hybridized carbons (Fsp3) is 0.261. The lowest BCUT2D eigenvalue weighted by Crippen LogP contribution is -2.23. The molecule has 0 N–H and O–H groups in total. The SMILES string of the molecule is CC(=O)N(c1nc(COC(=O)c2ccc(C)c(C)c2)cs1)c1ccc(C)cc1C. The van der Waals surface area contributed by atoms with Crippen LogP contribution in [0.25, 0.3) is 0 Å². The van der Waals surface area contributed by atoms with E-state index in [0.717, 1.165) is 27.9 Å². The maximum atomic E-state index is 12.3. The molecule has 29 heavy (non-hydrogen) atoms. The van der Waals surface area contributed by atoms with Gasteiger partial charge in [0.2, 0.25) is 5.91 Å². The minimum Gasteiger partial charge on any atom is -0.456 e. The van der Waals surface area contributed by atoms with Crippen LogP contribution in [0.5, 0.6) is 0 Å². The molecule has 0 radical (unpaired) electrons. The van der Waals surface area contributed by atoms with Crippen LogP contribution in [-0.2, 0) is 16.1 Å². The van der Waals surface area contributed by atoms with Crippen LogP contribution >= 0.6 is 11.3 Å². The van der Waals surface area contributed by atoms with Gasteiger partial charge in [0.1, 0.15) is 6.61 Å². The number of carbonyl (C=O) groups is 2. The number of nitrogens with zero attached hydrogens (tertiary/aromatic N) is 2. The fourth-order valence-corrected chi connectivity index (χ4v) is 3.88. The number of hydrogen-bond donors (Lipinski definition) is 0. The summed E-state index contributed by atoms with van der Waals surface area (Å²) in [4.78, 5) is 30.7. The minimum absolute atomic E-state index is 0.0564. The lowest BCUT2D eigenvalue weighted by atomic mass is 10.1. The molecule has 5 nitrogen and oxygen atoms in total. The summed E-state index contributed by atoms with van der Waals surface area (Å²) < 4.78 is 5.41. The molecule has 0 aliphatic carbocycles. The monoisotopic (exact) mass is 408 g/mol. The first-order valence-electron chi connectivity index (χ1n) is 9.33. The van der Waals surface area contributed by atoms with Gasteiger partial charge in [0.15, 0.2) is 5.13 Å². The maximum Gasteiger partial charge on any atom is 0.338 e. The van der Waals surface area contributed by atoms with Gasteiger partial charge in [0.05, 0.1) is 16.9 Å². The molecule has 0 saturated heterocycles. The lowest BCUT2D eigenvalue weighted by Gasteiger charge is -2.20. The summed E-state index contributed by atoms with van der Waals surface area (Å²) in [7, 11) is 0. The number of esters is 1. The van der Waals surface area contributed by atoms with Crippen molar-refractivity contribution in [3.8, 4) is 0 Å². The van der Waals surface area contributed by atoms with Crippen molar-refractivity contribution in [2.75, 3.05) is 4.90 Å². The summed E-state index contributed by atoms with van der Waals surface area (Å²) in [5.41, 5.74) is 6.23. The van der Waals surface area contributed by atoms with E-state index in [1.807, 2.05) is 63.4 Å². The smallest absolute Gasteiger partial charge is 0.338 e. The van der Waals surface area contributed by atoms with E-state index in [1.165, 1.54) is 18.3 Å². The van der Waals surface area contributed by atoms with Gasteiger partial charge in [-0.15, -0.1) is 11.3 Å². The number of anilines is 2. The van der Waals surface area contributed by atoms with Gasteiger partial charge in [-0.1, -0.05) is 23.8 Å². The van der Waals surface area contributed by atoms with Crippen molar-refractivity contribution in [3.63, 3.8) is 0 Å². The van der Waals surface area contributed by atoms with E-state index in [0.29, 0.717) is 16.4 Å². The Morgan fingerprint density at radius 2 is 1.76 bits per heavy atom. The van der Waals surface area contributed by atoms with Gasteiger partial charge in [-0.3, -0.25) is 9.69 Å². The Labute approximate surface area is 175 Å². The molecule has 0 aliphatic rings. The molecule has 150 valence electrons. The quantitative estimate of drug-likeness (QED) is 0.529. The van der Waals surface area contributed by atoms with E-state index in [2.05, 4.69) is 4.98 Å². The molecule has 2 aromatic carbocycles. The van der Waals surface area contributed by atoms with Crippen molar-refractivity contribution < 1.29 is 14.3 Å². The molecule has 0 spiro atoms.